The summed E-state index contributed by atoms with van der Waals surface area (Å²) in [6, 6.07) is 12.5. The predicted molar refractivity (Wildman–Crippen MR) is 128 cm³/mol. The second kappa shape index (κ2) is 7.70. The molecule has 4 heterocycles. The van der Waals surface area contributed by atoms with E-state index in [1.807, 2.05) is 0 Å². The van der Waals surface area contributed by atoms with Crippen molar-refractivity contribution in [2.45, 2.75) is 31.6 Å². The molecule has 5 aromatic rings. The first-order valence-corrected chi connectivity index (χ1v) is 11.9. The van der Waals surface area contributed by atoms with Gasteiger partial charge >= 0.3 is 5.97 Å². The lowest BCUT2D eigenvalue weighted by Crippen LogP contribution is -2.21. The minimum Gasteiger partial charge on any atom is -0.481 e. The first kappa shape index (κ1) is 19.9. The average Bonchev–Trinajstić information content (AvgIpc) is 3.57. The standard InChI is InChI=1S/C24H22N6O2S/c25-22-21-20(17-11-15-3-1-4-16(19(15)28-17)18-5-2-10-33-18)29-23(30(21)27-12-26-22)13-6-8-14(9-7-13)24(31)32/h1-5,10-14,28H,6-9H2,(H,31,32)(H2,25,26,27)/t13-,14-. The second-order valence-electron chi connectivity index (χ2n) is 8.54. The van der Waals surface area contributed by atoms with Crippen LogP contribution < -0.4 is 5.73 Å². The first-order chi connectivity index (χ1) is 16.1. The molecule has 1 saturated carbocycles. The number of aliphatic carboxylic acids is 1. The zero-order valence-electron chi connectivity index (χ0n) is 17.7. The van der Waals surface area contributed by atoms with Crippen LogP contribution in [-0.4, -0.2) is 35.6 Å². The van der Waals surface area contributed by atoms with Crippen LogP contribution in [-0.2, 0) is 4.79 Å². The van der Waals surface area contributed by atoms with Gasteiger partial charge in [0.2, 0.25) is 0 Å². The molecule has 0 spiro atoms. The summed E-state index contributed by atoms with van der Waals surface area (Å²) in [5.74, 6) is 0.316. The Balaban J connectivity index is 1.48. The molecule has 0 unspecified atom stereocenters. The van der Waals surface area contributed by atoms with Gasteiger partial charge in [0.25, 0.3) is 0 Å². The summed E-state index contributed by atoms with van der Waals surface area (Å²) in [5.41, 5.74) is 10.8. The minimum atomic E-state index is -0.715. The van der Waals surface area contributed by atoms with Gasteiger partial charge in [-0.1, -0.05) is 24.3 Å². The van der Waals surface area contributed by atoms with Gasteiger partial charge in [0, 0.05) is 21.7 Å². The van der Waals surface area contributed by atoms with E-state index in [0.717, 1.165) is 46.5 Å². The molecule has 1 aliphatic carbocycles. The summed E-state index contributed by atoms with van der Waals surface area (Å²) in [7, 11) is 0. The molecule has 0 radical (unpaired) electrons. The van der Waals surface area contributed by atoms with E-state index in [9.17, 15) is 9.90 Å². The summed E-state index contributed by atoms with van der Waals surface area (Å²) < 4.78 is 1.79. The lowest BCUT2D eigenvalue weighted by atomic mass is 9.82. The van der Waals surface area contributed by atoms with Gasteiger partial charge in [-0.15, -0.1) is 11.3 Å². The second-order valence-corrected chi connectivity index (χ2v) is 9.49. The molecule has 4 aromatic heterocycles. The highest BCUT2D eigenvalue weighted by Crippen LogP contribution is 2.39. The van der Waals surface area contributed by atoms with E-state index < -0.39 is 5.97 Å². The summed E-state index contributed by atoms with van der Waals surface area (Å²) in [4.78, 5) is 25.4. The molecular weight excluding hydrogens is 436 g/mol. The van der Waals surface area contributed by atoms with Gasteiger partial charge in [0.05, 0.1) is 17.1 Å². The third-order valence-electron chi connectivity index (χ3n) is 6.63. The molecule has 0 amide bonds. The normalized spacial score (nSPS) is 18.8. The Labute approximate surface area is 193 Å². The molecule has 0 saturated heterocycles. The van der Waals surface area contributed by atoms with Crippen molar-refractivity contribution in [3.8, 4) is 21.8 Å². The number of fused-ring (bicyclic) bond motifs is 2. The van der Waals surface area contributed by atoms with E-state index >= 15 is 0 Å². The van der Waals surface area contributed by atoms with Gasteiger partial charge in [0.15, 0.2) is 5.82 Å². The number of H-pyrrole nitrogens is 1. The Morgan fingerprint density at radius 2 is 2.03 bits per heavy atom. The number of hydrogen-bond acceptors (Lipinski definition) is 6. The Morgan fingerprint density at radius 1 is 1.18 bits per heavy atom. The number of carbonyl (C=O) groups is 1. The molecule has 1 aromatic carbocycles. The first-order valence-electron chi connectivity index (χ1n) is 11.0. The molecule has 166 valence electrons. The van der Waals surface area contributed by atoms with Crippen molar-refractivity contribution in [1.29, 1.82) is 0 Å². The molecular formula is C24H22N6O2S. The van der Waals surface area contributed by atoms with Crippen LogP contribution in [0.3, 0.4) is 0 Å². The Morgan fingerprint density at radius 3 is 2.79 bits per heavy atom. The summed E-state index contributed by atoms with van der Waals surface area (Å²) in [6.07, 6.45) is 4.24. The van der Waals surface area contributed by atoms with Crippen LogP contribution in [0.5, 0.6) is 0 Å². The van der Waals surface area contributed by atoms with E-state index in [4.69, 9.17) is 10.7 Å². The minimum absolute atomic E-state index is 0.127. The molecule has 1 aliphatic rings. The molecule has 9 heteroatoms. The summed E-state index contributed by atoms with van der Waals surface area (Å²) in [6.45, 7) is 0. The van der Waals surface area contributed by atoms with Crippen LogP contribution in [0.2, 0.25) is 0 Å². The Hall–Kier alpha value is -3.72. The van der Waals surface area contributed by atoms with Gasteiger partial charge < -0.3 is 15.8 Å². The largest absolute Gasteiger partial charge is 0.481 e. The lowest BCUT2D eigenvalue weighted by molar-refractivity contribution is -0.142. The molecule has 4 N–H and O–H groups in total. The van der Waals surface area contributed by atoms with Crippen LogP contribution in [0.4, 0.5) is 5.82 Å². The zero-order chi connectivity index (χ0) is 22.5. The van der Waals surface area contributed by atoms with Crippen molar-refractivity contribution in [2.24, 2.45) is 5.92 Å². The van der Waals surface area contributed by atoms with Crippen molar-refractivity contribution in [1.82, 2.24) is 24.6 Å². The van der Waals surface area contributed by atoms with Crippen molar-refractivity contribution in [3.63, 3.8) is 0 Å². The molecule has 33 heavy (non-hydrogen) atoms. The average molecular weight is 459 g/mol. The number of carboxylic acid groups (broad SMARTS) is 1. The van der Waals surface area contributed by atoms with Gasteiger partial charge in [-0.3, -0.25) is 4.79 Å². The number of rotatable bonds is 4. The van der Waals surface area contributed by atoms with Crippen molar-refractivity contribution >= 4 is 39.5 Å². The Bertz CT molecular complexity index is 1480. The molecule has 1 fully saturated rings. The molecule has 0 bridgehead atoms. The van der Waals surface area contributed by atoms with Crippen LogP contribution in [0.15, 0.2) is 48.1 Å². The summed E-state index contributed by atoms with van der Waals surface area (Å²) >= 11 is 1.70. The number of thiophene rings is 1. The number of nitrogens with one attached hydrogen (secondary N) is 1. The molecule has 0 aliphatic heterocycles. The molecule has 0 atom stereocenters. The predicted octanol–water partition coefficient (Wildman–Crippen LogP) is 4.94. The Kier molecular flexibility index (Phi) is 4.65. The summed E-state index contributed by atoms with van der Waals surface area (Å²) in [5, 5.41) is 17.0. The number of nitrogens with two attached hydrogens (primary N) is 1. The maximum atomic E-state index is 11.4. The maximum absolute atomic E-state index is 11.4. The number of anilines is 1. The number of nitrogen functional groups attached to an aromatic ring is 1. The van der Waals surface area contributed by atoms with E-state index in [1.54, 1.807) is 15.9 Å². The number of nitrogens with zero attached hydrogens (tertiary/aromatic N) is 4. The fraction of sp³-hybridized carbons (Fsp3) is 0.250. The van der Waals surface area contributed by atoms with Crippen molar-refractivity contribution < 1.29 is 9.90 Å². The quantitative estimate of drug-likeness (QED) is 0.351. The van der Waals surface area contributed by atoms with E-state index in [0.29, 0.717) is 24.2 Å². The lowest BCUT2D eigenvalue weighted by Gasteiger charge is -2.24. The molecule has 6 rings (SSSR count). The monoisotopic (exact) mass is 458 g/mol. The number of aromatic amines is 1. The van der Waals surface area contributed by atoms with E-state index in [-0.39, 0.29) is 11.8 Å². The number of carboxylic acids is 1. The van der Waals surface area contributed by atoms with Gasteiger partial charge in [-0.25, -0.2) is 14.5 Å². The van der Waals surface area contributed by atoms with Crippen molar-refractivity contribution in [2.75, 3.05) is 5.73 Å². The van der Waals surface area contributed by atoms with Gasteiger partial charge in [0.1, 0.15) is 23.4 Å². The topological polar surface area (TPSA) is 122 Å². The fourth-order valence-corrected chi connectivity index (χ4v) is 5.71. The number of hydrogen-bond donors (Lipinski definition) is 3. The highest BCUT2D eigenvalue weighted by atomic mass is 32.1. The van der Waals surface area contributed by atoms with Crippen LogP contribution in [0.1, 0.15) is 37.4 Å². The third-order valence-corrected chi connectivity index (χ3v) is 7.53. The smallest absolute Gasteiger partial charge is 0.306 e. The fourth-order valence-electron chi connectivity index (χ4n) is 4.95. The highest BCUT2D eigenvalue weighted by Gasteiger charge is 2.31. The van der Waals surface area contributed by atoms with E-state index in [1.165, 1.54) is 11.2 Å². The third kappa shape index (κ3) is 3.27. The number of imidazole rings is 1. The zero-order valence-corrected chi connectivity index (χ0v) is 18.5. The van der Waals surface area contributed by atoms with Crippen LogP contribution in [0, 0.1) is 5.92 Å². The SMILES string of the molecule is Nc1ncnn2c1c(-c1cc3cccc(-c4cccs4)c3[nH]1)nc2[C@H]1CC[C@H](C(=O)O)CC1. The van der Waals surface area contributed by atoms with Gasteiger partial charge in [-0.05, 0) is 43.2 Å². The number of benzene rings is 1. The number of para-hydroxylation sites is 1. The van der Waals surface area contributed by atoms with Crippen LogP contribution in [0.25, 0.3) is 38.2 Å². The van der Waals surface area contributed by atoms with Gasteiger partial charge in [-0.2, -0.15) is 5.10 Å². The van der Waals surface area contributed by atoms with Crippen molar-refractivity contribution in [3.05, 3.63) is 53.9 Å². The highest BCUT2D eigenvalue weighted by molar-refractivity contribution is 7.13. The van der Waals surface area contributed by atoms with Crippen LogP contribution >= 0.6 is 11.3 Å². The number of aromatic nitrogens is 5. The maximum Gasteiger partial charge on any atom is 0.306 e. The molecule has 8 nitrogen and oxygen atoms in total. The van der Waals surface area contributed by atoms with E-state index in [2.05, 4.69) is 56.8 Å².